The molecule has 0 radical (unpaired) electrons. The minimum Gasteiger partial charge on any atom is -0.378 e. The second-order valence-corrected chi connectivity index (χ2v) is 3.38. The minimum atomic E-state index is 0.314. The van der Waals surface area contributed by atoms with Crippen LogP contribution in [0.15, 0.2) is 0 Å². The number of alkyl halides is 1. The first kappa shape index (κ1) is 7.36. The molecule has 1 saturated heterocycles. The fraction of sp³-hybridized carbons (Fsp3) is 1.00. The predicted molar refractivity (Wildman–Crippen MR) is 38.9 cm³/mol. The van der Waals surface area contributed by atoms with Crippen LogP contribution in [0.25, 0.3) is 0 Å². The summed E-state index contributed by atoms with van der Waals surface area (Å²) in [6, 6.07) is 0. The van der Waals surface area contributed by atoms with E-state index < -0.39 is 0 Å². The van der Waals surface area contributed by atoms with Crippen LogP contribution >= 0.6 is 11.6 Å². The van der Waals surface area contributed by atoms with Crippen LogP contribution in [-0.2, 0) is 4.74 Å². The van der Waals surface area contributed by atoms with Crippen LogP contribution in [0.5, 0.6) is 0 Å². The van der Waals surface area contributed by atoms with Crippen LogP contribution in [0.1, 0.15) is 26.2 Å². The standard InChI is InChI=1S/C7H13ClO/c1-6(8)2-3-7-4-5-9-7/h6-7H,2-5H2,1H3. The van der Waals surface area contributed by atoms with Crippen molar-refractivity contribution in [2.45, 2.75) is 37.7 Å². The summed E-state index contributed by atoms with van der Waals surface area (Å²) in [4.78, 5) is 0. The molecule has 0 aliphatic carbocycles. The van der Waals surface area contributed by atoms with Gasteiger partial charge in [-0.1, -0.05) is 0 Å². The Bertz CT molecular complexity index is 79.0. The van der Waals surface area contributed by atoms with Crippen molar-refractivity contribution in [1.82, 2.24) is 0 Å². The van der Waals surface area contributed by atoms with E-state index in [0.717, 1.165) is 19.4 Å². The van der Waals surface area contributed by atoms with Gasteiger partial charge in [-0.25, -0.2) is 0 Å². The van der Waals surface area contributed by atoms with Gasteiger partial charge in [0.1, 0.15) is 0 Å². The summed E-state index contributed by atoms with van der Waals surface area (Å²) in [5.74, 6) is 0. The molecule has 1 aliphatic heterocycles. The van der Waals surface area contributed by atoms with Gasteiger partial charge in [0.2, 0.25) is 0 Å². The first-order valence-corrected chi connectivity index (χ1v) is 3.98. The van der Waals surface area contributed by atoms with Crippen molar-refractivity contribution in [3.8, 4) is 0 Å². The third-order valence-corrected chi connectivity index (χ3v) is 1.90. The molecule has 0 spiro atoms. The number of hydrogen-bond donors (Lipinski definition) is 0. The SMILES string of the molecule is CC(Cl)CCC1CCO1. The minimum absolute atomic E-state index is 0.314. The van der Waals surface area contributed by atoms with Crippen molar-refractivity contribution in [1.29, 1.82) is 0 Å². The van der Waals surface area contributed by atoms with Crippen molar-refractivity contribution in [3.05, 3.63) is 0 Å². The summed E-state index contributed by atoms with van der Waals surface area (Å²) < 4.78 is 5.22. The average molecular weight is 149 g/mol. The Balaban J connectivity index is 1.91. The van der Waals surface area contributed by atoms with Gasteiger partial charge in [-0.2, -0.15) is 0 Å². The molecule has 2 heteroatoms. The van der Waals surface area contributed by atoms with Gasteiger partial charge in [-0.3, -0.25) is 0 Å². The summed E-state index contributed by atoms with van der Waals surface area (Å²) >= 11 is 5.75. The number of halogens is 1. The summed E-state index contributed by atoms with van der Waals surface area (Å²) in [5, 5.41) is 0.314. The van der Waals surface area contributed by atoms with E-state index in [-0.39, 0.29) is 0 Å². The predicted octanol–water partition coefficient (Wildman–Crippen LogP) is 2.18. The lowest BCUT2D eigenvalue weighted by atomic mass is 10.1. The molecule has 1 rings (SSSR count). The number of rotatable bonds is 3. The smallest absolute Gasteiger partial charge is 0.0597 e. The summed E-state index contributed by atoms with van der Waals surface area (Å²) in [7, 11) is 0. The molecule has 2 atom stereocenters. The average Bonchev–Trinajstić information content (AvgIpc) is 1.60. The van der Waals surface area contributed by atoms with Crippen LogP contribution in [-0.4, -0.2) is 18.1 Å². The highest BCUT2D eigenvalue weighted by Crippen LogP contribution is 2.18. The molecule has 1 heterocycles. The quantitative estimate of drug-likeness (QED) is 0.558. The Labute approximate surface area is 61.3 Å². The molecule has 0 saturated carbocycles. The van der Waals surface area contributed by atoms with Crippen molar-refractivity contribution in [2.75, 3.05) is 6.61 Å². The van der Waals surface area contributed by atoms with E-state index in [2.05, 4.69) is 0 Å². The van der Waals surface area contributed by atoms with Gasteiger partial charge in [0, 0.05) is 12.0 Å². The molecule has 0 amide bonds. The Morgan fingerprint density at radius 1 is 1.78 bits per heavy atom. The maximum absolute atomic E-state index is 5.75. The maximum Gasteiger partial charge on any atom is 0.0597 e. The third kappa shape index (κ3) is 2.55. The largest absolute Gasteiger partial charge is 0.378 e. The fourth-order valence-corrected chi connectivity index (χ4v) is 1.05. The van der Waals surface area contributed by atoms with Gasteiger partial charge < -0.3 is 4.74 Å². The lowest BCUT2D eigenvalue weighted by molar-refractivity contribution is -0.0552. The second-order valence-electron chi connectivity index (χ2n) is 2.64. The molecule has 0 N–H and O–H groups in total. The Hall–Kier alpha value is 0.250. The van der Waals surface area contributed by atoms with Crippen molar-refractivity contribution in [3.63, 3.8) is 0 Å². The van der Waals surface area contributed by atoms with Gasteiger partial charge in [-0.05, 0) is 26.2 Å². The van der Waals surface area contributed by atoms with Crippen LogP contribution in [0.4, 0.5) is 0 Å². The van der Waals surface area contributed by atoms with Crippen molar-refractivity contribution >= 4 is 11.6 Å². The summed E-state index contributed by atoms with van der Waals surface area (Å²) in [6.45, 7) is 2.99. The van der Waals surface area contributed by atoms with E-state index in [1.54, 1.807) is 0 Å². The van der Waals surface area contributed by atoms with Gasteiger partial charge in [0.15, 0.2) is 0 Å². The first-order valence-electron chi connectivity index (χ1n) is 3.54. The van der Waals surface area contributed by atoms with E-state index in [1.165, 1.54) is 6.42 Å². The summed E-state index contributed by atoms with van der Waals surface area (Å²) in [6.07, 6.45) is 4.01. The zero-order chi connectivity index (χ0) is 6.69. The molecule has 0 aromatic rings. The molecular formula is C7H13ClO. The van der Waals surface area contributed by atoms with Crippen LogP contribution < -0.4 is 0 Å². The van der Waals surface area contributed by atoms with E-state index in [1.807, 2.05) is 6.92 Å². The zero-order valence-electron chi connectivity index (χ0n) is 5.77. The van der Waals surface area contributed by atoms with E-state index in [9.17, 15) is 0 Å². The molecule has 0 aromatic heterocycles. The van der Waals surface area contributed by atoms with Gasteiger partial charge in [0.25, 0.3) is 0 Å². The molecule has 54 valence electrons. The molecule has 1 aliphatic rings. The molecule has 0 bridgehead atoms. The highest BCUT2D eigenvalue weighted by molar-refractivity contribution is 6.20. The fourth-order valence-electron chi connectivity index (χ4n) is 0.928. The molecule has 1 fully saturated rings. The second kappa shape index (κ2) is 3.43. The Kier molecular flexibility index (Phi) is 2.80. The van der Waals surface area contributed by atoms with E-state index in [4.69, 9.17) is 16.3 Å². The lowest BCUT2D eigenvalue weighted by Gasteiger charge is -2.26. The van der Waals surface area contributed by atoms with Crippen LogP contribution in [0.2, 0.25) is 0 Å². The van der Waals surface area contributed by atoms with Gasteiger partial charge >= 0.3 is 0 Å². The monoisotopic (exact) mass is 148 g/mol. The molecular weight excluding hydrogens is 136 g/mol. The Morgan fingerprint density at radius 2 is 2.44 bits per heavy atom. The zero-order valence-corrected chi connectivity index (χ0v) is 6.53. The third-order valence-electron chi connectivity index (χ3n) is 1.68. The molecule has 1 nitrogen and oxygen atoms in total. The molecule has 2 unspecified atom stereocenters. The van der Waals surface area contributed by atoms with Crippen LogP contribution in [0.3, 0.4) is 0 Å². The number of hydrogen-bond acceptors (Lipinski definition) is 1. The number of ether oxygens (including phenoxy) is 1. The highest BCUT2D eigenvalue weighted by atomic mass is 35.5. The van der Waals surface area contributed by atoms with E-state index >= 15 is 0 Å². The highest BCUT2D eigenvalue weighted by Gasteiger charge is 2.17. The maximum atomic E-state index is 5.75. The first-order chi connectivity index (χ1) is 4.29. The Morgan fingerprint density at radius 3 is 2.78 bits per heavy atom. The lowest BCUT2D eigenvalue weighted by Crippen LogP contribution is -2.26. The van der Waals surface area contributed by atoms with Gasteiger partial charge in [0.05, 0.1) is 6.10 Å². The van der Waals surface area contributed by atoms with E-state index in [0.29, 0.717) is 11.5 Å². The van der Waals surface area contributed by atoms with Crippen LogP contribution in [0, 0.1) is 0 Å². The topological polar surface area (TPSA) is 9.23 Å². The normalized spacial score (nSPS) is 29.3. The molecule has 9 heavy (non-hydrogen) atoms. The van der Waals surface area contributed by atoms with Gasteiger partial charge in [-0.15, -0.1) is 11.6 Å². The van der Waals surface area contributed by atoms with Crippen molar-refractivity contribution < 1.29 is 4.74 Å². The molecule has 0 aromatic carbocycles. The summed E-state index contributed by atoms with van der Waals surface area (Å²) in [5.41, 5.74) is 0. The van der Waals surface area contributed by atoms with Crippen molar-refractivity contribution in [2.24, 2.45) is 0 Å².